The second-order valence-corrected chi connectivity index (χ2v) is 4.90. The van der Waals surface area contributed by atoms with Crippen LogP contribution in [0.25, 0.3) is 6.08 Å². The van der Waals surface area contributed by atoms with Crippen molar-refractivity contribution in [1.29, 1.82) is 0 Å². The van der Waals surface area contributed by atoms with Gasteiger partial charge >= 0.3 is 0 Å². The van der Waals surface area contributed by atoms with Crippen LogP contribution in [0.2, 0.25) is 0 Å². The summed E-state index contributed by atoms with van der Waals surface area (Å²) < 4.78 is 10.4. The Morgan fingerprint density at radius 1 is 1.24 bits per heavy atom. The van der Waals surface area contributed by atoms with Gasteiger partial charge < -0.3 is 19.7 Å². The minimum atomic E-state index is -0.0939. The van der Waals surface area contributed by atoms with Gasteiger partial charge in [0.1, 0.15) is 0 Å². The third-order valence-corrected chi connectivity index (χ3v) is 2.92. The number of nitrogens with zero attached hydrogens (tertiary/aromatic N) is 1. The molecule has 116 valence electrons. The van der Waals surface area contributed by atoms with E-state index in [2.05, 4.69) is 10.2 Å². The van der Waals surface area contributed by atoms with E-state index in [4.69, 9.17) is 9.47 Å². The number of hydrogen-bond donors (Lipinski definition) is 1. The molecule has 0 heterocycles. The second kappa shape index (κ2) is 9.02. The third-order valence-electron chi connectivity index (χ3n) is 2.92. The smallest absolute Gasteiger partial charge is 0.243 e. The van der Waals surface area contributed by atoms with E-state index in [1.165, 1.54) is 6.08 Å². The molecule has 1 aromatic rings. The van der Waals surface area contributed by atoms with E-state index in [0.29, 0.717) is 18.0 Å². The zero-order chi connectivity index (χ0) is 15.7. The highest BCUT2D eigenvalue weighted by Gasteiger charge is 2.03. The second-order valence-electron chi connectivity index (χ2n) is 4.90. The van der Waals surface area contributed by atoms with Gasteiger partial charge in [-0.2, -0.15) is 0 Å². The summed E-state index contributed by atoms with van der Waals surface area (Å²) in [7, 11) is 7.20. The van der Waals surface area contributed by atoms with Crippen molar-refractivity contribution < 1.29 is 14.3 Å². The molecule has 1 amide bonds. The number of amides is 1. The number of methoxy groups -OCH3 is 2. The van der Waals surface area contributed by atoms with Crippen LogP contribution in [0, 0.1) is 0 Å². The van der Waals surface area contributed by atoms with Crippen LogP contribution in [0.1, 0.15) is 12.0 Å². The van der Waals surface area contributed by atoms with E-state index >= 15 is 0 Å². The fourth-order valence-corrected chi connectivity index (χ4v) is 1.79. The van der Waals surface area contributed by atoms with E-state index in [0.717, 1.165) is 18.5 Å². The largest absolute Gasteiger partial charge is 0.493 e. The maximum atomic E-state index is 11.7. The number of carbonyl (C=O) groups excluding carboxylic acids is 1. The monoisotopic (exact) mass is 292 g/mol. The molecule has 0 fully saturated rings. The van der Waals surface area contributed by atoms with Gasteiger partial charge in [-0.1, -0.05) is 6.07 Å². The van der Waals surface area contributed by atoms with Crippen LogP contribution in [-0.2, 0) is 4.79 Å². The van der Waals surface area contributed by atoms with E-state index < -0.39 is 0 Å². The number of rotatable bonds is 8. The van der Waals surface area contributed by atoms with Crippen molar-refractivity contribution in [3.63, 3.8) is 0 Å². The summed E-state index contributed by atoms with van der Waals surface area (Å²) in [5.74, 6) is 1.22. The number of benzene rings is 1. The van der Waals surface area contributed by atoms with Crippen molar-refractivity contribution in [2.75, 3.05) is 41.4 Å². The Kier molecular flexibility index (Phi) is 7.32. The van der Waals surface area contributed by atoms with Gasteiger partial charge in [0.25, 0.3) is 0 Å². The topological polar surface area (TPSA) is 50.8 Å². The summed E-state index contributed by atoms with van der Waals surface area (Å²) >= 11 is 0. The Hall–Kier alpha value is -2.01. The van der Waals surface area contributed by atoms with Gasteiger partial charge in [-0.3, -0.25) is 4.79 Å². The lowest BCUT2D eigenvalue weighted by molar-refractivity contribution is -0.116. The molecule has 0 atom stereocenters. The number of nitrogens with one attached hydrogen (secondary N) is 1. The molecule has 5 heteroatoms. The molecule has 0 aliphatic heterocycles. The van der Waals surface area contributed by atoms with Crippen molar-refractivity contribution in [2.24, 2.45) is 0 Å². The molecule has 0 aromatic heterocycles. The number of hydrogen-bond acceptors (Lipinski definition) is 4. The molecule has 0 spiro atoms. The predicted octanol–water partition coefficient (Wildman–Crippen LogP) is 1.78. The van der Waals surface area contributed by atoms with E-state index in [1.807, 2.05) is 32.3 Å². The highest BCUT2D eigenvalue weighted by atomic mass is 16.5. The van der Waals surface area contributed by atoms with Crippen molar-refractivity contribution in [2.45, 2.75) is 6.42 Å². The molecule has 0 radical (unpaired) electrons. The van der Waals surface area contributed by atoms with Crippen LogP contribution in [0.3, 0.4) is 0 Å². The lowest BCUT2D eigenvalue weighted by Crippen LogP contribution is -2.25. The first-order valence-corrected chi connectivity index (χ1v) is 6.89. The highest BCUT2D eigenvalue weighted by Crippen LogP contribution is 2.27. The summed E-state index contributed by atoms with van der Waals surface area (Å²) in [5.41, 5.74) is 0.885. The molecule has 1 N–H and O–H groups in total. The fraction of sp³-hybridized carbons (Fsp3) is 0.438. The maximum Gasteiger partial charge on any atom is 0.243 e. The molecule has 0 bridgehead atoms. The van der Waals surface area contributed by atoms with E-state index in [9.17, 15) is 4.79 Å². The molecule has 0 aliphatic rings. The molecule has 5 nitrogen and oxygen atoms in total. The predicted molar refractivity (Wildman–Crippen MR) is 84.8 cm³/mol. The molecule has 0 saturated carbocycles. The molecular formula is C16H24N2O3. The molecule has 0 saturated heterocycles. The van der Waals surface area contributed by atoms with E-state index in [1.54, 1.807) is 20.3 Å². The first kappa shape index (κ1) is 17.0. The standard InChI is InChI=1S/C16H24N2O3/c1-18(2)11-5-10-17-16(19)9-7-13-6-8-14(20-3)15(12-13)21-4/h6-9,12H,5,10-11H2,1-4H3,(H,17,19). The van der Waals surface area contributed by atoms with Crippen LogP contribution in [0.5, 0.6) is 11.5 Å². The summed E-state index contributed by atoms with van der Waals surface area (Å²) in [5, 5.41) is 2.85. The van der Waals surface area contributed by atoms with Crippen molar-refractivity contribution in [3.8, 4) is 11.5 Å². The zero-order valence-electron chi connectivity index (χ0n) is 13.2. The molecule has 1 aromatic carbocycles. The Morgan fingerprint density at radius 3 is 2.57 bits per heavy atom. The SMILES string of the molecule is COc1ccc(C=CC(=O)NCCCN(C)C)cc1OC. The summed E-state index contributed by atoms with van der Waals surface area (Å²) in [6.45, 7) is 1.63. The Bertz CT molecular complexity index is 484. The Labute approximate surface area is 126 Å². The lowest BCUT2D eigenvalue weighted by atomic mass is 10.2. The van der Waals surface area contributed by atoms with Gasteiger partial charge in [-0.25, -0.2) is 0 Å². The average Bonchev–Trinajstić information content (AvgIpc) is 2.48. The molecule has 1 rings (SSSR count). The maximum absolute atomic E-state index is 11.7. The molecule has 21 heavy (non-hydrogen) atoms. The van der Waals surface area contributed by atoms with Crippen LogP contribution in [0.4, 0.5) is 0 Å². The van der Waals surface area contributed by atoms with Crippen LogP contribution in [0.15, 0.2) is 24.3 Å². The molecular weight excluding hydrogens is 268 g/mol. The summed E-state index contributed by atoms with van der Waals surface area (Å²) in [6.07, 6.45) is 4.21. The van der Waals surface area contributed by atoms with Crippen molar-refractivity contribution >= 4 is 12.0 Å². The molecule has 0 unspecified atom stereocenters. The van der Waals surface area contributed by atoms with Gasteiger partial charge in [-0.15, -0.1) is 0 Å². The third kappa shape index (κ3) is 6.31. The normalized spacial score (nSPS) is 10.9. The Balaban J connectivity index is 2.50. The van der Waals surface area contributed by atoms with Crippen LogP contribution < -0.4 is 14.8 Å². The Morgan fingerprint density at radius 2 is 1.95 bits per heavy atom. The minimum Gasteiger partial charge on any atom is -0.493 e. The fourth-order valence-electron chi connectivity index (χ4n) is 1.79. The zero-order valence-corrected chi connectivity index (χ0v) is 13.2. The first-order valence-electron chi connectivity index (χ1n) is 6.89. The summed E-state index contributed by atoms with van der Waals surface area (Å²) in [6, 6.07) is 5.51. The highest BCUT2D eigenvalue weighted by molar-refractivity contribution is 5.91. The van der Waals surface area contributed by atoms with Crippen molar-refractivity contribution in [3.05, 3.63) is 29.8 Å². The minimum absolute atomic E-state index is 0.0939. The average molecular weight is 292 g/mol. The molecule has 0 aliphatic carbocycles. The quantitative estimate of drug-likeness (QED) is 0.586. The first-order chi connectivity index (χ1) is 10.1. The van der Waals surface area contributed by atoms with Crippen molar-refractivity contribution in [1.82, 2.24) is 10.2 Å². The van der Waals surface area contributed by atoms with Gasteiger partial charge in [0.2, 0.25) is 5.91 Å². The van der Waals surface area contributed by atoms with Crippen LogP contribution in [-0.4, -0.2) is 52.2 Å². The number of ether oxygens (including phenoxy) is 2. The summed E-state index contributed by atoms with van der Waals surface area (Å²) in [4.78, 5) is 13.8. The van der Waals surface area contributed by atoms with Gasteiger partial charge in [0.15, 0.2) is 11.5 Å². The van der Waals surface area contributed by atoms with E-state index in [-0.39, 0.29) is 5.91 Å². The van der Waals surface area contributed by atoms with Crippen LogP contribution >= 0.6 is 0 Å². The van der Waals surface area contributed by atoms with Gasteiger partial charge in [0.05, 0.1) is 14.2 Å². The van der Waals surface area contributed by atoms with Gasteiger partial charge in [-0.05, 0) is 50.8 Å². The number of carbonyl (C=O) groups is 1. The van der Waals surface area contributed by atoms with Gasteiger partial charge in [0, 0.05) is 12.6 Å². The lowest BCUT2D eigenvalue weighted by Gasteiger charge is -2.09.